The third kappa shape index (κ3) is 5.37. The summed E-state index contributed by atoms with van der Waals surface area (Å²) in [6, 6.07) is 4.23. The van der Waals surface area contributed by atoms with Crippen LogP contribution in [0.2, 0.25) is 0 Å². The molecule has 0 fully saturated rings. The molecule has 22 heavy (non-hydrogen) atoms. The largest absolute Gasteiger partial charge is 0.465 e. The Bertz CT molecular complexity index is 525. The van der Waals surface area contributed by atoms with Crippen molar-refractivity contribution in [1.82, 2.24) is 0 Å². The van der Waals surface area contributed by atoms with Crippen molar-refractivity contribution in [3.8, 4) is 0 Å². The number of carbonyl (C=O) groups excluding carboxylic acids is 3. The number of carbonyl (C=O) groups is 3. The summed E-state index contributed by atoms with van der Waals surface area (Å²) in [5, 5.41) is 2.64. The van der Waals surface area contributed by atoms with Crippen LogP contribution in [0.3, 0.4) is 0 Å². The molecule has 6 nitrogen and oxygen atoms in total. The highest BCUT2D eigenvalue weighted by atomic mass is 35.5. The number of ether oxygens (including phenoxy) is 2. The van der Waals surface area contributed by atoms with Gasteiger partial charge in [0.05, 0.1) is 25.3 Å². The van der Waals surface area contributed by atoms with Crippen molar-refractivity contribution in [3.05, 3.63) is 29.3 Å². The Morgan fingerprint density at radius 1 is 1.00 bits per heavy atom. The molecule has 1 rings (SSSR count). The lowest BCUT2D eigenvalue weighted by Crippen LogP contribution is -2.14. The minimum absolute atomic E-state index is 0.154. The Hall–Kier alpha value is -2.08. The molecule has 1 N–H and O–H groups in total. The summed E-state index contributed by atoms with van der Waals surface area (Å²) in [5.41, 5.74) is 0.641. The van der Waals surface area contributed by atoms with Gasteiger partial charge in [-0.2, -0.15) is 0 Å². The van der Waals surface area contributed by atoms with E-state index in [9.17, 15) is 14.4 Å². The van der Waals surface area contributed by atoms with E-state index in [4.69, 9.17) is 11.6 Å². The van der Waals surface area contributed by atoms with E-state index in [1.165, 1.54) is 32.4 Å². The number of hydrogen-bond donors (Lipinski definition) is 1. The predicted octanol–water partition coefficient (Wildman–Crippen LogP) is 2.61. The van der Waals surface area contributed by atoms with Crippen molar-refractivity contribution in [3.63, 3.8) is 0 Å². The first-order valence-corrected chi connectivity index (χ1v) is 7.22. The maximum atomic E-state index is 11.8. The molecule has 0 aliphatic rings. The van der Waals surface area contributed by atoms with Gasteiger partial charge in [0.25, 0.3) is 0 Å². The van der Waals surface area contributed by atoms with Crippen molar-refractivity contribution in [1.29, 1.82) is 0 Å². The lowest BCUT2D eigenvalue weighted by molar-refractivity contribution is -0.116. The van der Waals surface area contributed by atoms with E-state index < -0.39 is 11.9 Å². The highest BCUT2D eigenvalue weighted by molar-refractivity contribution is 6.17. The standard InChI is InChI=1S/C15H18ClNO5/c1-21-14(19)10-7-11(15(20)22-2)9-12(8-10)17-13(18)5-3-4-6-16/h7-9H,3-6H2,1-2H3,(H,17,18). The van der Waals surface area contributed by atoms with Crippen molar-refractivity contribution in [2.75, 3.05) is 25.4 Å². The van der Waals surface area contributed by atoms with Crippen LogP contribution in [0.25, 0.3) is 0 Å². The zero-order valence-corrected chi connectivity index (χ0v) is 13.2. The predicted molar refractivity (Wildman–Crippen MR) is 82.3 cm³/mol. The Kier molecular flexibility index (Phi) is 7.39. The molecule has 0 saturated heterocycles. The zero-order chi connectivity index (χ0) is 16.5. The van der Waals surface area contributed by atoms with Crippen LogP contribution < -0.4 is 5.32 Å². The number of anilines is 1. The third-order valence-electron chi connectivity index (χ3n) is 2.85. The summed E-state index contributed by atoms with van der Waals surface area (Å²) in [7, 11) is 2.47. The molecule has 0 saturated carbocycles. The summed E-state index contributed by atoms with van der Waals surface area (Å²) < 4.78 is 9.25. The molecule has 0 heterocycles. The van der Waals surface area contributed by atoms with Gasteiger partial charge in [-0.1, -0.05) is 0 Å². The molecule has 120 valence electrons. The minimum atomic E-state index is -0.608. The normalized spacial score (nSPS) is 9.95. The lowest BCUT2D eigenvalue weighted by atomic mass is 10.1. The molecule has 0 aromatic heterocycles. The van der Waals surface area contributed by atoms with Crippen molar-refractivity contribution < 1.29 is 23.9 Å². The fourth-order valence-corrected chi connectivity index (χ4v) is 1.96. The molecular weight excluding hydrogens is 310 g/mol. The van der Waals surface area contributed by atoms with E-state index in [1.54, 1.807) is 0 Å². The SMILES string of the molecule is COC(=O)c1cc(NC(=O)CCCCCl)cc(C(=O)OC)c1. The first-order chi connectivity index (χ1) is 10.5. The van der Waals surface area contributed by atoms with Crippen LogP contribution in [0, 0.1) is 0 Å². The smallest absolute Gasteiger partial charge is 0.337 e. The number of halogens is 1. The number of esters is 2. The highest BCUT2D eigenvalue weighted by Crippen LogP contribution is 2.17. The molecular formula is C15H18ClNO5. The molecule has 0 atom stereocenters. The van der Waals surface area contributed by atoms with Crippen LogP contribution >= 0.6 is 11.6 Å². The minimum Gasteiger partial charge on any atom is -0.465 e. The summed E-state index contributed by atoms with van der Waals surface area (Å²) in [4.78, 5) is 35.0. The Morgan fingerprint density at radius 3 is 2.00 bits per heavy atom. The zero-order valence-electron chi connectivity index (χ0n) is 12.5. The number of hydrogen-bond acceptors (Lipinski definition) is 5. The quantitative estimate of drug-likeness (QED) is 0.473. The highest BCUT2D eigenvalue weighted by Gasteiger charge is 2.14. The van der Waals surface area contributed by atoms with Crippen LogP contribution in [0.1, 0.15) is 40.0 Å². The second kappa shape index (κ2) is 9.04. The Balaban J connectivity index is 2.95. The summed E-state index contributed by atoms with van der Waals surface area (Å²) in [6.07, 6.45) is 1.71. The summed E-state index contributed by atoms with van der Waals surface area (Å²) in [5.74, 6) is -0.938. The molecule has 0 radical (unpaired) electrons. The van der Waals surface area contributed by atoms with Crippen LogP contribution in [-0.2, 0) is 14.3 Å². The van der Waals surface area contributed by atoms with E-state index in [0.29, 0.717) is 24.4 Å². The molecule has 1 amide bonds. The van der Waals surface area contributed by atoms with E-state index in [0.717, 1.165) is 6.42 Å². The summed E-state index contributed by atoms with van der Waals surface area (Å²) >= 11 is 5.55. The first-order valence-electron chi connectivity index (χ1n) is 6.69. The molecule has 0 bridgehead atoms. The van der Waals surface area contributed by atoms with Gasteiger partial charge >= 0.3 is 11.9 Å². The topological polar surface area (TPSA) is 81.7 Å². The molecule has 0 spiro atoms. The fourth-order valence-electron chi connectivity index (χ4n) is 1.77. The number of methoxy groups -OCH3 is 2. The maximum Gasteiger partial charge on any atom is 0.337 e. The van der Waals surface area contributed by atoms with Crippen LogP contribution in [0.5, 0.6) is 0 Å². The van der Waals surface area contributed by atoms with Gasteiger partial charge in [-0.25, -0.2) is 9.59 Å². The summed E-state index contributed by atoms with van der Waals surface area (Å²) in [6.45, 7) is 0. The molecule has 7 heteroatoms. The average molecular weight is 328 g/mol. The van der Waals surface area contributed by atoms with Crippen molar-refractivity contribution in [2.24, 2.45) is 0 Å². The molecule has 0 aliphatic carbocycles. The monoisotopic (exact) mass is 327 g/mol. The average Bonchev–Trinajstić information content (AvgIpc) is 2.53. The fraction of sp³-hybridized carbons (Fsp3) is 0.400. The van der Waals surface area contributed by atoms with E-state index in [2.05, 4.69) is 14.8 Å². The van der Waals surface area contributed by atoms with Crippen LogP contribution in [0.15, 0.2) is 18.2 Å². The molecule has 0 unspecified atom stereocenters. The van der Waals surface area contributed by atoms with E-state index >= 15 is 0 Å². The molecule has 1 aromatic rings. The first kappa shape index (κ1) is 18.0. The Morgan fingerprint density at radius 2 is 1.55 bits per heavy atom. The molecule has 0 aliphatic heterocycles. The van der Waals surface area contributed by atoms with E-state index in [1.807, 2.05) is 0 Å². The van der Waals surface area contributed by atoms with Crippen LogP contribution in [-0.4, -0.2) is 37.9 Å². The van der Waals surface area contributed by atoms with Gasteiger partial charge in [0.15, 0.2) is 0 Å². The van der Waals surface area contributed by atoms with Gasteiger partial charge < -0.3 is 14.8 Å². The number of rotatable bonds is 7. The maximum absolute atomic E-state index is 11.8. The number of amides is 1. The molecule has 1 aromatic carbocycles. The van der Waals surface area contributed by atoms with Gasteiger partial charge in [0, 0.05) is 18.0 Å². The number of alkyl halides is 1. The number of nitrogens with one attached hydrogen (secondary N) is 1. The van der Waals surface area contributed by atoms with Crippen molar-refractivity contribution in [2.45, 2.75) is 19.3 Å². The number of unbranched alkanes of at least 4 members (excludes halogenated alkanes) is 1. The second-order valence-corrected chi connectivity index (χ2v) is 4.85. The second-order valence-electron chi connectivity index (χ2n) is 4.48. The number of benzene rings is 1. The van der Waals surface area contributed by atoms with Gasteiger partial charge in [0.1, 0.15) is 0 Å². The van der Waals surface area contributed by atoms with Gasteiger partial charge in [-0.3, -0.25) is 4.79 Å². The third-order valence-corrected chi connectivity index (χ3v) is 3.11. The van der Waals surface area contributed by atoms with Crippen molar-refractivity contribution >= 4 is 35.1 Å². The Labute approximate surface area is 133 Å². The lowest BCUT2D eigenvalue weighted by Gasteiger charge is -2.09. The van der Waals surface area contributed by atoms with Crippen LogP contribution in [0.4, 0.5) is 5.69 Å². The van der Waals surface area contributed by atoms with Gasteiger partial charge in [0.2, 0.25) is 5.91 Å². The van der Waals surface area contributed by atoms with E-state index in [-0.39, 0.29) is 17.0 Å². The van der Waals surface area contributed by atoms with Gasteiger partial charge in [-0.05, 0) is 31.0 Å². The van der Waals surface area contributed by atoms with Gasteiger partial charge in [-0.15, -0.1) is 11.6 Å².